The number of halogens is 1. The summed E-state index contributed by atoms with van der Waals surface area (Å²) in [6.07, 6.45) is 4.49. The average Bonchev–Trinajstić information content (AvgIpc) is 2.70. The molecule has 1 aromatic heterocycles. The van der Waals surface area contributed by atoms with Crippen molar-refractivity contribution < 1.29 is 4.74 Å². The lowest BCUT2D eigenvalue weighted by Crippen LogP contribution is -2.26. The molecule has 4 heteroatoms. The standard InChI is InChI=1S/C12H16BrNOS/c13-11-7-16-6-9(11)4-14-5-10-3-12(1-2-12)8-15-10/h6-7,10,14H,1-5,8H2. The summed E-state index contributed by atoms with van der Waals surface area (Å²) in [5, 5.41) is 7.80. The van der Waals surface area contributed by atoms with E-state index in [1.165, 1.54) is 29.3 Å². The monoisotopic (exact) mass is 301 g/mol. The highest BCUT2D eigenvalue weighted by molar-refractivity contribution is 9.10. The minimum Gasteiger partial charge on any atom is -0.376 e. The van der Waals surface area contributed by atoms with Gasteiger partial charge in [0.2, 0.25) is 0 Å². The van der Waals surface area contributed by atoms with Gasteiger partial charge >= 0.3 is 0 Å². The highest BCUT2D eigenvalue weighted by atomic mass is 79.9. The molecule has 2 heterocycles. The van der Waals surface area contributed by atoms with Crippen molar-refractivity contribution >= 4 is 27.3 Å². The second-order valence-corrected chi connectivity index (χ2v) is 6.61. The summed E-state index contributed by atoms with van der Waals surface area (Å²) in [5.41, 5.74) is 1.96. The molecule has 0 amide bonds. The van der Waals surface area contributed by atoms with E-state index < -0.39 is 0 Å². The second kappa shape index (κ2) is 4.41. The summed E-state index contributed by atoms with van der Waals surface area (Å²) in [4.78, 5) is 0. The lowest BCUT2D eigenvalue weighted by atomic mass is 10.0. The van der Waals surface area contributed by atoms with Crippen LogP contribution in [-0.4, -0.2) is 19.3 Å². The van der Waals surface area contributed by atoms with E-state index >= 15 is 0 Å². The quantitative estimate of drug-likeness (QED) is 0.922. The SMILES string of the molecule is Brc1cscc1CNCC1CC2(CC2)CO1. The van der Waals surface area contributed by atoms with Crippen LogP contribution >= 0.6 is 27.3 Å². The van der Waals surface area contributed by atoms with Crippen LogP contribution in [0.15, 0.2) is 15.2 Å². The number of ether oxygens (including phenoxy) is 1. The van der Waals surface area contributed by atoms with Gasteiger partial charge in [0.1, 0.15) is 0 Å². The van der Waals surface area contributed by atoms with E-state index in [9.17, 15) is 0 Å². The van der Waals surface area contributed by atoms with Crippen LogP contribution in [0.2, 0.25) is 0 Å². The van der Waals surface area contributed by atoms with Gasteiger partial charge in [-0.1, -0.05) is 0 Å². The molecule has 1 aromatic rings. The van der Waals surface area contributed by atoms with E-state index in [0.29, 0.717) is 11.5 Å². The Hall–Kier alpha value is 0.1000. The Morgan fingerprint density at radius 2 is 2.38 bits per heavy atom. The van der Waals surface area contributed by atoms with Crippen molar-refractivity contribution in [2.75, 3.05) is 13.2 Å². The third-order valence-electron chi connectivity index (χ3n) is 3.62. The molecule has 1 aliphatic heterocycles. The maximum Gasteiger partial charge on any atom is 0.0706 e. The van der Waals surface area contributed by atoms with E-state index in [2.05, 4.69) is 32.0 Å². The molecule has 1 atom stereocenters. The summed E-state index contributed by atoms with van der Waals surface area (Å²) in [6.45, 7) is 2.93. The smallest absolute Gasteiger partial charge is 0.0706 e. The van der Waals surface area contributed by atoms with Crippen LogP contribution in [0, 0.1) is 5.41 Å². The van der Waals surface area contributed by atoms with Gasteiger partial charge in [-0.3, -0.25) is 0 Å². The average molecular weight is 302 g/mol. The first-order valence-electron chi connectivity index (χ1n) is 5.80. The Bertz CT molecular complexity index is 375. The molecule has 88 valence electrons. The summed E-state index contributed by atoms with van der Waals surface area (Å²) in [7, 11) is 0. The van der Waals surface area contributed by atoms with Gasteiger partial charge in [0.15, 0.2) is 0 Å². The molecular formula is C12H16BrNOS. The van der Waals surface area contributed by atoms with Crippen LogP contribution in [0.1, 0.15) is 24.8 Å². The zero-order valence-electron chi connectivity index (χ0n) is 9.17. The normalized spacial score (nSPS) is 26.4. The summed E-state index contributed by atoms with van der Waals surface area (Å²) in [5.74, 6) is 0. The molecule has 0 radical (unpaired) electrons. The van der Waals surface area contributed by atoms with Gasteiger partial charge in [-0.15, -0.1) is 0 Å². The van der Waals surface area contributed by atoms with E-state index in [-0.39, 0.29) is 0 Å². The number of rotatable bonds is 4. The molecular weight excluding hydrogens is 286 g/mol. The molecule has 2 fully saturated rings. The first-order chi connectivity index (χ1) is 7.77. The van der Waals surface area contributed by atoms with Crippen molar-refractivity contribution in [1.29, 1.82) is 0 Å². The van der Waals surface area contributed by atoms with Gasteiger partial charge in [0.05, 0.1) is 12.7 Å². The van der Waals surface area contributed by atoms with Crippen LogP contribution in [0.4, 0.5) is 0 Å². The predicted molar refractivity (Wildman–Crippen MR) is 69.7 cm³/mol. The molecule has 1 aliphatic carbocycles. The molecule has 16 heavy (non-hydrogen) atoms. The van der Waals surface area contributed by atoms with Crippen LogP contribution < -0.4 is 5.32 Å². The van der Waals surface area contributed by atoms with Gasteiger partial charge in [-0.25, -0.2) is 0 Å². The Morgan fingerprint density at radius 3 is 3.00 bits per heavy atom. The van der Waals surface area contributed by atoms with E-state index in [4.69, 9.17) is 4.74 Å². The second-order valence-electron chi connectivity index (χ2n) is 5.01. The molecule has 1 N–H and O–H groups in total. The first kappa shape index (κ1) is 11.2. The highest BCUT2D eigenvalue weighted by Crippen LogP contribution is 2.53. The molecule has 2 aliphatic rings. The fraction of sp³-hybridized carbons (Fsp3) is 0.667. The fourth-order valence-corrected chi connectivity index (χ4v) is 3.80. The summed E-state index contributed by atoms with van der Waals surface area (Å²) < 4.78 is 7.03. The number of thiophene rings is 1. The third kappa shape index (κ3) is 2.35. The van der Waals surface area contributed by atoms with Crippen LogP contribution in [0.5, 0.6) is 0 Å². The minimum atomic E-state index is 0.444. The van der Waals surface area contributed by atoms with Crippen molar-refractivity contribution in [2.24, 2.45) is 5.41 Å². The van der Waals surface area contributed by atoms with E-state index in [0.717, 1.165) is 19.7 Å². The molecule has 1 saturated heterocycles. The maximum absolute atomic E-state index is 5.81. The minimum absolute atomic E-state index is 0.444. The Labute approximate surface area is 109 Å². The molecule has 1 unspecified atom stereocenters. The van der Waals surface area contributed by atoms with Crippen LogP contribution in [0.3, 0.4) is 0 Å². The Balaban J connectivity index is 1.42. The molecule has 1 spiro atoms. The van der Waals surface area contributed by atoms with Gasteiger partial charge in [-0.2, -0.15) is 11.3 Å². The van der Waals surface area contributed by atoms with Gasteiger partial charge in [0, 0.05) is 22.9 Å². The summed E-state index contributed by atoms with van der Waals surface area (Å²) >= 11 is 5.29. The van der Waals surface area contributed by atoms with Crippen molar-refractivity contribution in [1.82, 2.24) is 5.32 Å². The van der Waals surface area contributed by atoms with Crippen molar-refractivity contribution in [3.05, 3.63) is 20.8 Å². The fourth-order valence-electron chi connectivity index (χ4n) is 2.35. The van der Waals surface area contributed by atoms with Gasteiger partial charge < -0.3 is 10.1 Å². The maximum atomic E-state index is 5.81. The third-order valence-corrected chi connectivity index (χ3v) is 5.45. The lowest BCUT2D eigenvalue weighted by molar-refractivity contribution is 0.104. The molecule has 0 aromatic carbocycles. The van der Waals surface area contributed by atoms with Crippen LogP contribution in [0.25, 0.3) is 0 Å². The van der Waals surface area contributed by atoms with Crippen LogP contribution in [-0.2, 0) is 11.3 Å². The van der Waals surface area contributed by atoms with Crippen molar-refractivity contribution in [3.8, 4) is 0 Å². The number of hydrogen-bond donors (Lipinski definition) is 1. The summed E-state index contributed by atoms with van der Waals surface area (Å²) in [6, 6.07) is 0. The Kier molecular flexibility index (Phi) is 3.09. The topological polar surface area (TPSA) is 21.3 Å². The Morgan fingerprint density at radius 1 is 1.50 bits per heavy atom. The molecule has 1 saturated carbocycles. The predicted octanol–water partition coefficient (Wildman–Crippen LogP) is 3.17. The number of hydrogen-bond acceptors (Lipinski definition) is 3. The molecule has 3 rings (SSSR count). The van der Waals surface area contributed by atoms with Crippen molar-refractivity contribution in [2.45, 2.75) is 31.9 Å². The lowest BCUT2D eigenvalue weighted by Gasteiger charge is -2.10. The largest absolute Gasteiger partial charge is 0.376 e. The van der Waals surface area contributed by atoms with E-state index in [1.54, 1.807) is 11.3 Å². The molecule has 2 nitrogen and oxygen atoms in total. The van der Waals surface area contributed by atoms with Crippen molar-refractivity contribution in [3.63, 3.8) is 0 Å². The number of nitrogens with one attached hydrogen (secondary N) is 1. The zero-order chi connectivity index (χ0) is 11.0. The van der Waals surface area contributed by atoms with Gasteiger partial charge in [0.25, 0.3) is 0 Å². The first-order valence-corrected chi connectivity index (χ1v) is 7.54. The highest BCUT2D eigenvalue weighted by Gasteiger charge is 2.49. The van der Waals surface area contributed by atoms with E-state index in [1.807, 2.05) is 0 Å². The zero-order valence-corrected chi connectivity index (χ0v) is 11.6. The van der Waals surface area contributed by atoms with Gasteiger partial charge in [-0.05, 0) is 51.6 Å². The molecule has 0 bridgehead atoms.